The van der Waals surface area contributed by atoms with Crippen LogP contribution in [-0.4, -0.2) is 31.4 Å². The van der Waals surface area contributed by atoms with Gasteiger partial charge in [-0.15, -0.1) is 0 Å². The van der Waals surface area contributed by atoms with Crippen molar-refractivity contribution in [3.05, 3.63) is 59.6 Å². The molecule has 0 bridgehead atoms. The zero-order valence-corrected chi connectivity index (χ0v) is 15.4. The van der Waals surface area contributed by atoms with Gasteiger partial charge in [-0.3, -0.25) is 4.90 Å². The SMILES string of the molecule is Nc1ncc2c(n1)CCN(Cc1ccc(Sc3nc4ccccc4[nH]3)o1)C2. The Labute approximate surface area is 160 Å². The Morgan fingerprint density at radius 2 is 2.11 bits per heavy atom. The number of aromatic nitrogens is 4. The van der Waals surface area contributed by atoms with Crippen molar-refractivity contribution in [3.63, 3.8) is 0 Å². The zero-order chi connectivity index (χ0) is 18.2. The second-order valence-electron chi connectivity index (χ2n) is 6.54. The van der Waals surface area contributed by atoms with Crippen LogP contribution in [0.3, 0.4) is 0 Å². The summed E-state index contributed by atoms with van der Waals surface area (Å²) in [6.07, 6.45) is 2.71. The van der Waals surface area contributed by atoms with E-state index in [2.05, 4.69) is 24.8 Å². The molecule has 0 unspecified atom stereocenters. The van der Waals surface area contributed by atoms with Crippen molar-refractivity contribution in [2.75, 3.05) is 12.3 Å². The van der Waals surface area contributed by atoms with E-state index in [1.807, 2.05) is 42.6 Å². The van der Waals surface area contributed by atoms with E-state index in [4.69, 9.17) is 10.2 Å². The van der Waals surface area contributed by atoms with Gasteiger partial charge >= 0.3 is 0 Å². The lowest BCUT2D eigenvalue weighted by molar-refractivity contribution is 0.218. The summed E-state index contributed by atoms with van der Waals surface area (Å²) in [5.41, 5.74) is 9.85. The van der Waals surface area contributed by atoms with Crippen LogP contribution < -0.4 is 5.73 Å². The molecule has 0 saturated heterocycles. The molecule has 0 aliphatic carbocycles. The van der Waals surface area contributed by atoms with Gasteiger partial charge in [0.25, 0.3) is 0 Å². The predicted molar refractivity (Wildman–Crippen MR) is 103 cm³/mol. The summed E-state index contributed by atoms with van der Waals surface area (Å²) >= 11 is 1.50. The first-order valence-electron chi connectivity index (χ1n) is 8.77. The van der Waals surface area contributed by atoms with Gasteiger partial charge in [0.2, 0.25) is 5.95 Å². The molecule has 1 aromatic carbocycles. The van der Waals surface area contributed by atoms with Crippen LogP contribution in [0.15, 0.2) is 57.3 Å². The van der Waals surface area contributed by atoms with Crippen LogP contribution in [0.2, 0.25) is 0 Å². The largest absolute Gasteiger partial charge is 0.453 e. The van der Waals surface area contributed by atoms with Crippen molar-refractivity contribution in [2.45, 2.75) is 29.8 Å². The monoisotopic (exact) mass is 378 g/mol. The Hall–Kier alpha value is -2.84. The highest BCUT2D eigenvalue weighted by Crippen LogP contribution is 2.29. The van der Waals surface area contributed by atoms with Gasteiger partial charge in [-0.05, 0) is 36.0 Å². The summed E-state index contributed by atoms with van der Waals surface area (Å²) in [6.45, 7) is 2.49. The smallest absolute Gasteiger partial charge is 0.220 e. The van der Waals surface area contributed by atoms with Crippen molar-refractivity contribution in [2.24, 2.45) is 0 Å². The maximum Gasteiger partial charge on any atom is 0.220 e. The number of H-pyrrole nitrogens is 1. The minimum absolute atomic E-state index is 0.348. The topological polar surface area (TPSA) is 96.9 Å². The third-order valence-corrected chi connectivity index (χ3v) is 5.42. The number of benzene rings is 1. The van der Waals surface area contributed by atoms with Gasteiger partial charge in [0.05, 0.1) is 23.3 Å². The van der Waals surface area contributed by atoms with Crippen molar-refractivity contribution < 1.29 is 4.42 Å². The Morgan fingerprint density at radius 3 is 3.04 bits per heavy atom. The molecule has 1 aliphatic rings. The second-order valence-corrected chi connectivity index (χ2v) is 7.54. The lowest BCUT2D eigenvalue weighted by Gasteiger charge is -2.26. The fourth-order valence-corrected chi connectivity index (χ4v) is 4.10. The first-order valence-corrected chi connectivity index (χ1v) is 9.58. The van der Waals surface area contributed by atoms with Crippen molar-refractivity contribution in [3.8, 4) is 0 Å². The van der Waals surface area contributed by atoms with E-state index in [0.29, 0.717) is 5.95 Å². The minimum atomic E-state index is 0.348. The van der Waals surface area contributed by atoms with Gasteiger partial charge in [-0.1, -0.05) is 12.1 Å². The first-order chi connectivity index (χ1) is 13.2. The number of furan rings is 1. The normalized spacial score (nSPS) is 14.5. The van der Waals surface area contributed by atoms with E-state index in [0.717, 1.165) is 64.4 Å². The number of nitrogens with zero attached hydrogens (tertiary/aromatic N) is 4. The number of aromatic amines is 1. The first kappa shape index (κ1) is 16.3. The highest BCUT2D eigenvalue weighted by atomic mass is 32.2. The van der Waals surface area contributed by atoms with Gasteiger partial charge in [0.15, 0.2) is 10.2 Å². The summed E-state index contributed by atoms with van der Waals surface area (Å²) in [6, 6.07) is 12.0. The van der Waals surface area contributed by atoms with Gasteiger partial charge in [-0.2, -0.15) is 0 Å². The molecule has 0 radical (unpaired) electrons. The maximum absolute atomic E-state index is 6.00. The van der Waals surface area contributed by atoms with E-state index in [-0.39, 0.29) is 0 Å². The fourth-order valence-electron chi connectivity index (χ4n) is 3.32. The second kappa shape index (κ2) is 6.71. The number of rotatable bonds is 4. The molecular weight excluding hydrogens is 360 g/mol. The highest BCUT2D eigenvalue weighted by molar-refractivity contribution is 7.99. The number of fused-ring (bicyclic) bond motifs is 2. The number of anilines is 1. The standard InChI is InChI=1S/C19H18N6OS/c20-18-21-9-12-10-25(8-7-14(12)22-18)11-13-5-6-17(26-13)27-19-23-15-3-1-2-4-16(15)24-19/h1-6,9H,7-8,10-11H2,(H,23,24)(H2,20,21,22). The van der Waals surface area contributed by atoms with Crippen LogP contribution in [-0.2, 0) is 19.5 Å². The molecule has 4 heterocycles. The van der Waals surface area contributed by atoms with E-state index < -0.39 is 0 Å². The van der Waals surface area contributed by atoms with Gasteiger partial charge < -0.3 is 15.1 Å². The summed E-state index contributed by atoms with van der Waals surface area (Å²) in [4.78, 5) is 18.6. The summed E-state index contributed by atoms with van der Waals surface area (Å²) in [5.74, 6) is 1.29. The lowest BCUT2D eigenvalue weighted by Crippen LogP contribution is -2.30. The summed E-state index contributed by atoms with van der Waals surface area (Å²) in [5, 5.41) is 1.66. The Kier molecular flexibility index (Phi) is 4.06. The molecule has 4 aromatic rings. The number of hydrogen-bond donors (Lipinski definition) is 2. The third-order valence-electron chi connectivity index (χ3n) is 4.61. The fraction of sp³-hybridized carbons (Fsp3) is 0.211. The van der Waals surface area contributed by atoms with Crippen LogP contribution in [0, 0.1) is 0 Å². The molecule has 0 fully saturated rings. The molecule has 0 amide bonds. The molecular formula is C19H18N6OS. The number of nitrogens with one attached hydrogen (secondary N) is 1. The number of nitrogens with two attached hydrogens (primary N) is 1. The number of nitrogen functional groups attached to an aromatic ring is 1. The minimum Gasteiger partial charge on any atom is -0.453 e. The predicted octanol–water partition coefficient (Wildman–Crippen LogP) is 3.24. The Balaban J connectivity index is 1.26. The van der Waals surface area contributed by atoms with Crippen LogP contribution in [0.5, 0.6) is 0 Å². The van der Waals surface area contributed by atoms with E-state index >= 15 is 0 Å². The molecule has 0 spiro atoms. The van der Waals surface area contributed by atoms with E-state index in [1.54, 1.807) is 0 Å². The third kappa shape index (κ3) is 3.41. The van der Waals surface area contributed by atoms with Crippen LogP contribution in [0.4, 0.5) is 5.95 Å². The van der Waals surface area contributed by atoms with Crippen LogP contribution >= 0.6 is 11.8 Å². The molecule has 5 rings (SSSR count). The number of para-hydroxylation sites is 2. The average molecular weight is 378 g/mol. The molecule has 0 atom stereocenters. The van der Waals surface area contributed by atoms with Gasteiger partial charge in [0.1, 0.15) is 5.76 Å². The van der Waals surface area contributed by atoms with Crippen molar-refractivity contribution in [1.82, 2.24) is 24.8 Å². The number of hydrogen-bond acceptors (Lipinski definition) is 7. The quantitative estimate of drug-likeness (QED) is 0.563. The highest BCUT2D eigenvalue weighted by Gasteiger charge is 2.19. The molecule has 136 valence electrons. The summed E-state index contributed by atoms with van der Waals surface area (Å²) < 4.78 is 6.00. The molecule has 3 N–H and O–H groups in total. The molecule has 8 heteroatoms. The van der Waals surface area contributed by atoms with Gasteiger partial charge in [0, 0.05) is 31.3 Å². The maximum atomic E-state index is 6.00. The molecule has 1 aliphatic heterocycles. The van der Waals surface area contributed by atoms with Gasteiger partial charge in [-0.25, -0.2) is 15.0 Å². The molecule has 27 heavy (non-hydrogen) atoms. The number of imidazole rings is 1. The van der Waals surface area contributed by atoms with Crippen molar-refractivity contribution >= 4 is 28.7 Å². The van der Waals surface area contributed by atoms with Crippen LogP contribution in [0.1, 0.15) is 17.0 Å². The van der Waals surface area contributed by atoms with Crippen molar-refractivity contribution in [1.29, 1.82) is 0 Å². The Bertz CT molecular complexity index is 1070. The van der Waals surface area contributed by atoms with E-state index in [9.17, 15) is 0 Å². The lowest BCUT2D eigenvalue weighted by atomic mass is 10.1. The average Bonchev–Trinajstić information content (AvgIpc) is 3.28. The summed E-state index contributed by atoms with van der Waals surface area (Å²) in [7, 11) is 0. The Morgan fingerprint density at radius 1 is 1.19 bits per heavy atom. The molecule has 7 nitrogen and oxygen atoms in total. The molecule has 3 aromatic heterocycles. The molecule has 0 saturated carbocycles. The van der Waals surface area contributed by atoms with E-state index in [1.165, 1.54) is 11.8 Å². The zero-order valence-electron chi connectivity index (χ0n) is 14.6. The van der Waals surface area contributed by atoms with Crippen LogP contribution in [0.25, 0.3) is 11.0 Å².